The molecule has 1 heterocycles. The molecule has 1 N–H and O–H groups in total. The number of hydrogen-bond donors (Lipinski definition) is 1. The highest BCUT2D eigenvalue weighted by molar-refractivity contribution is 6.42. The van der Waals surface area contributed by atoms with E-state index in [4.69, 9.17) is 28.3 Å². The Morgan fingerprint density at radius 1 is 1.05 bits per heavy atom. The lowest BCUT2D eigenvalue weighted by atomic mass is 10.2. The molecule has 106 valence electrons. The topological polar surface area (TPSA) is 74.7 Å². The number of rotatable bonds is 2. The van der Waals surface area contributed by atoms with Gasteiger partial charge in [-0.2, -0.15) is 0 Å². The zero-order chi connectivity index (χ0) is 14.9. The highest BCUT2D eigenvalue weighted by atomic mass is 35.5. The summed E-state index contributed by atoms with van der Waals surface area (Å²) in [5.74, 6) is -1.94. The molecule has 5 nitrogen and oxygen atoms in total. The van der Waals surface area contributed by atoms with Crippen LogP contribution in [0.3, 0.4) is 0 Å². The SMILES string of the molecule is O=C(O)c1cc(Cl)c(N2C(=O)CCCCC2=O)c(Cl)c1. The van der Waals surface area contributed by atoms with E-state index in [1.807, 2.05) is 0 Å². The molecule has 1 aliphatic rings. The largest absolute Gasteiger partial charge is 0.478 e. The number of halogens is 2. The minimum atomic E-state index is -1.19. The molecular weight excluding hydrogens is 305 g/mol. The minimum Gasteiger partial charge on any atom is -0.478 e. The number of carbonyl (C=O) groups is 3. The van der Waals surface area contributed by atoms with Crippen LogP contribution in [0.15, 0.2) is 12.1 Å². The highest BCUT2D eigenvalue weighted by Gasteiger charge is 2.29. The van der Waals surface area contributed by atoms with Gasteiger partial charge in [0.15, 0.2) is 0 Å². The lowest BCUT2D eigenvalue weighted by Gasteiger charge is -2.21. The lowest BCUT2D eigenvalue weighted by molar-refractivity contribution is -0.125. The summed E-state index contributed by atoms with van der Waals surface area (Å²) in [5.41, 5.74) is -0.0336. The first-order valence-electron chi connectivity index (χ1n) is 6.00. The lowest BCUT2D eigenvalue weighted by Crippen LogP contribution is -2.35. The van der Waals surface area contributed by atoms with Crippen molar-refractivity contribution in [1.29, 1.82) is 0 Å². The van der Waals surface area contributed by atoms with E-state index >= 15 is 0 Å². The van der Waals surface area contributed by atoms with Gasteiger partial charge in [0.2, 0.25) is 11.8 Å². The fourth-order valence-electron chi connectivity index (χ4n) is 2.07. The van der Waals surface area contributed by atoms with Crippen molar-refractivity contribution in [3.63, 3.8) is 0 Å². The van der Waals surface area contributed by atoms with Crippen molar-refractivity contribution in [2.45, 2.75) is 25.7 Å². The van der Waals surface area contributed by atoms with Gasteiger partial charge in [-0.15, -0.1) is 0 Å². The smallest absolute Gasteiger partial charge is 0.335 e. The predicted octanol–water partition coefficient (Wildman–Crippen LogP) is 3.13. The summed E-state index contributed by atoms with van der Waals surface area (Å²) in [7, 11) is 0. The maximum Gasteiger partial charge on any atom is 0.335 e. The molecule has 2 amide bonds. The number of carboxylic acids is 1. The van der Waals surface area contributed by atoms with Crippen LogP contribution in [0.2, 0.25) is 10.0 Å². The van der Waals surface area contributed by atoms with Gasteiger partial charge in [0.05, 0.1) is 21.3 Å². The standard InChI is InChI=1S/C13H11Cl2NO4/c14-8-5-7(13(19)20)6-9(15)12(8)16-10(17)3-1-2-4-11(16)18/h5-6H,1-4H2,(H,19,20). The van der Waals surface area contributed by atoms with Gasteiger partial charge in [0, 0.05) is 12.8 Å². The summed E-state index contributed by atoms with van der Waals surface area (Å²) in [6, 6.07) is 2.35. The summed E-state index contributed by atoms with van der Waals surface area (Å²) in [6.45, 7) is 0. The third kappa shape index (κ3) is 2.78. The fraction of sp³-hybridized carbons (Fsp3) is 0.308. The van der Waals surface area contributed by atoms with Gasteiger partial charge in [-0.05, 0) is 25.0 Å². The molecule has 1 fully saturated rings. The van der Waals surface area contributed by atoms with E-state index < -0.39 is 5.97 Å². The second-order valence-electron chi connectivity index (χ2n) is 4.42. The first kappa shape index (κ1) is 14.8. The van der Waals surface area contributed by atoms with Gasteiger partial charge in [-0.3, -0.25) is 9.59 Å². The molecule has 2 rings (SSSR count). The van der Waals surface area contributed by atoms with Crippen LogP contribution >= 0.6 is 23.2 Å². The minimum absolute atomic E-state index is 0.0292. The Hall–Kier alpha value is -1.59. The summed E-state index contributed by atoms with van der Waals surface area (Å²) in [4.78, 5) is 35.9. The van der Waals surface area contributed by atoms with Gasteiger partial charge in [-0.1, -0.05) is 23.2 Å². The Bertz CT molecular complexity index is 559. The average molecular weight is 316 g/mol. The van der Waals surface area contributed by atoms with Gasteiger partial charge in [0.25, 0.3) is 0 Å². The third-order valence-electron chi connectivity index (χ3n) is 3.02. The number of aromatic carboxylic acids is 1. The predicted molar refractivity (Wildman–Crippen MR) is 74.4 cm³/mol. The first-order chi connectivity index (χ1) is 9.41. The van der Waals surface area contributed by atoms with Crippen LogP contribution in [-0.2, 0) is 9.59 Å². The number of benzene rings is 1. The summed E-state index contributed by atoms with van der Waals surface area (Å²) in [6.07, 6.45) is 1.73. The molecular formula is C13H11Cl2NO4. The van der Waals surface area contributed by atoms with Crippen molar-refractivity contribution >= 4 is 46.7 Å². The first-order valence-corrected chi connectivity index (χ1v) is 6.75. The molecule has 0 aliphatic carbocycles. The highest BCUT2D eigenvalue weighted by Crippen LogP contribution is 2.37. The van der Waals surface area contributed by atoms with Crippen LogP contribution in [0, 0.1) is 0 Å². The number of carbonyl (C=O) groups excluding carboxylic acids is 2. The van der Waals surface area contributed by atoms with Crippen LogP contribution in [0.1, 0.15) is 36.0 Å². The van der Waals surface area contributed by atoms with E-state index in [2.05, 4.69) is 0 Å². The Morgan fingerprint density at radius 3 is 1.90 bits per heavy atom. The van der Waals surface area contributed by atoms with Crippen molar-refractivity contribution in [2.24, 2.45) is 0 Å². The molecule has 0 unspecified atom stereocenters. The van der Waals surface area contributed by atoms with Crippen LogP contribution in [-0.4, -0.2) is 22.9 Å². The number of nitrogens with zero attached hydrogens (tertiary/aromatic N) is 1. The number of imide groups is 1. The van der Waals surface area contributed by atoms with Crippen LogP contribution < -0.4 is 4.90 Å². The van der Waals surface area contributed by atoms with Crippen LogP contribution in [0.25, 0.3) is 0 Å². The normalized spacial score (nSPS) is 16.2. The van der Waals surface area contributed by atoms with Crippen molar-refractivity contribution in [3.8, 4) is 0 Å². The van der Waals surface area contributed by atoms with E-state index in [9.17, 15) is 14.4 Å². The fourth-order valence-corrected chi connectivity index (χ4v) is 2.72. The van der Waals surface area contributed by atoms with Crippen LogP contribution in [0.4, 0.5) is 5.69 Å². The molecule has 0 aromatic heterocycles. The zero-order valence-corrected chi connectivity index (χ0v) is 11.9. The van der Waals surface area contributed by atoms with Crippen molar-refractivity contribution in [1.82, 2.24) is 0 Å². The van der Waals surface area contributed by atoms with E-state index in [-0.39, 0.29) is 46.0 Å². The third-order valence-corrected chi connectivity index (χ3v) is 3.59. The Morgan fingerprint density at radius 2 is 1.50 bits per heavy atom. The molecule has 7 heteroatoms. The van der Waals surface area contributed by atoms with Gasteiger partial charge in [0.1, 0.15) is 0 Å². The van der Waals surface area contributed by atoms with Crippen molar-refractivity contribution < 1.29 is 19.5 Å². The molecule has 0 saturated carbocycles. The number of hydrogen-bond acceptors (Lipinski definition) is 3. The Balaban J connectivity index is 2.53. The molecule has 1 aromatic carbocycles. The van der Waals surface area contributed by atoms with Gasteiger partial charge in [-0.25, -0.2) is 9.69 Å². The molecule has 0 spiro atoms. The molecule has 1 saturated heterocycles. The average Bonchev–Trinajstić information content (AvgIpc) is 2.52. The van der Waals surface area contributed by atoms with E-state index in [0.717, 1.165) is 4.90 Å². The number of amides is 2. The Kier molecular flexibility index (Phi) is 4.30. The second-order valence-corrected chi connectivity index (χ2v) is 5.24. The Labute approximate surface area is 125 Å². The molecule has 1 aliphatic heterocycles. The maximum absolute atomic E-state index is 12.0. The quantitative estimate of drug-likeness (QED) is 0.851. The summed E-state index contributed by atoms with van der Waals surface area (Å²) >= 11 is 12.0. The van der Waals surface area contributed by atoms with E-state index in [1.165, 1.54) is 12.1 Å². The summed E-state index contributed by atoms with van der Waals surface area (Å²) in [5, 5.41) is 8.86. The molecule has 1 aromatic rings. The zero-order valence-electron chi connectivity index (χ0n) is 10.4. The monoisotopic (exact) mass is 315 g/mol. The molecule has 0 atom stereocenters. The maximum atomic E-state index is 12.0. The van der Waals surface area contributed by atoms with Crippen molar-refractivity contribution in [3.05, 3.63) is 27.7 Å². The van der Waals surface area contributed by atoms with E-state index in [0.29, 0.717) is 12.8 Å². The van der Waals surface area contributed by atoms with Gasteiger partial charge < -0.3 is 5.11 Å². The number of carboxylic acid groups (broad SMARTS) is 1. The van der Waals surface area contributed by atoms with E-state index in [1.54, 1.807) is 0 Å². The second kappa shape index (κ2) is 5.81. The number of anilines is 1. The van der Waals surface area contributed by atoms with Crippen molar-refractivity contribution in [2.75, 3.05) is 4.90 Å². The molecule has 0 bridgehead atoms. The molecule has 0 radical (unpaired) electrons. The molecule has 20 heavy (non-hydrogen) atoms. The summed E-state index contributed by atoms with van der Waals surface area (Å²) < 4.78 is 0. The van der Waals surface area contributed by atoms with Crippen LogP contribution in [0.5, 0.6) is 0 Å². The van der Waals surface area contributed by atoms with Gasteiger partial charge >= 0.3 is 5.97 Å².